The summed E-state index contributed by atoms with van der Waals surface area (Å²) in [5.74, 6) is -4.52. The standard InChI is InChI=1S/C18H13F3N4O2/c1-27-11-4-2-10(3-5-11)22-14-8-9-15(25-24-14)23-18(26)12-6-7-13(19)17(21)16(12)20/h2-9H,1H3,(H,22,24)(H,23,25,26). The molecule has 138 valence electrons. The van der Waals surface area contributed by atoms with Gasteiger partial charge >= 0.3 is 0 Å². The van der Waals surface area contributed by atoms with E-state index in [9.17, 15) is 18.0 Å². The van der Waals surface area contributed by atoms with E-state index in [4.69, 9.17) is 4.74 Å². The Morgan fingerprint density at radius 3 is 2.19 bits per heavy atom. The Bertz CT molecular complexity index is 964. The molecule has 3 rings (SSSR count). The van der Waals surface area contributed by atoms with Crippen molar-refractivity contribution in [3.8, 4) is 5.75 Å². The van der Waals surface area contributed by atoms with Crippen molar-refractivity contribution in [2.75, 3.05) is 17.7 Å². The predicted octanol–water partition coefficient (Wildman–Crippen LogP) is 3.90. The lowest BCUT2D eigenvalue weighted by Gasteiger charge is -2.08. The van der Waals surface area contributed by atoms with Gasteiger partial charge in [0.2, 0.25) is 0 Å². The minimum absolute atomic E-state index is 0.0180. The number of benzene rings is 2. The molecular weight excluding hydrogens is 361 g/mol. The van der Waals surface area contributed by atoms with Gasteiger partial charge in [0.15, 0.2) is 29.1 Å². The number of nitrogens with zero attached hydrogens (tertiary/aromatic N) is 2. The van der Waals surface area contributed by atoms with E-state index in [0.29, 0.717) is 17.6 Å². The maximum absolute atomic E-state index is 13.6. The Hall–Kier alpha value is -3.62. The Labute approximate surface area is 152 Å². The zero-order valence-corrected chi connectivity index (χ0v) is 14.0. The minimum Gasteiger partial charge on any atom is -0.497 e. The van der Waals surface area contributed by atoms with Gasteiger partial charge in [-0.25, -0.2) is 13.2 Å². The fourth-order valence-electron chi connectivity index (χ4n) is 2.17. The molecule has 0 radical (unpaired) electrons. The molecule has 9 heteroatoms. The van der Waals surface area contributed by atoms with Gasteiger partial charge in [0, 0.05) is 5.69 Å². The molecular formula is C18H13F3N4O2. The molecule has 1 aromatic heterocycles. The number of methoxy groups -OCH3 is 1. The average molecular weight is 374 g/mol. The van der Waals surface area contributed by atoms with Crippen molar-refractivity contribution in [1.29, 1.82) is 0 Å². The van der Waals surface area contributed by atoms with E-state index in [-0.39, 0.29) is 5.82 Å². The normalized spacial score (nSPS) is 10.4. The van der Waals surface area contributed by atoms with Crippen LogP contribution in [0.25, 0.3) is 0 Å². The quantitative estimate of drug-likeness (QED) is 0.663. The Morgan fingerprint density at radius 1 is 0.889 bits per heavy atom. The van der Waals surface area contributed by atoms with Crippen LogP contribution in [0.4, 0.5) is 30.5 Å². The SMILES string of the molecule is COc1ccc(Nc2ccc(NC(=O)c3ccc(F)c(F)c3F)nn2)cc1. The first-order chi connectivity index (χ1) is 13.0. The van der Waals surface area contributed by atoms with Crippen molar-refractivity contribution in [3.05, 3.63) is 71.5 Å². The van der Waals surface area contributed by atoms with Gasteiger partial charge in [-0.15, -0.1) is 10.2 Å². The summed E-state index contributed by atoms with van der Waals surface area (Å²) in [7, 11) is 1.56. The zero-order valence-electron chi connectivity index (χ0n) is 14.0. The van der Waals surface area contributed by atoms with Gasteiger partial charge in [-0.3, -0.25) is 4.79 Å². The highest BCUT2D eigenvalue weighted by Crippen LogP contribution is 2.19. The summed E-state index contributed by atoms with van der Waals surface area (Å²) in [5, 5.41) is 12.9. The first-order valence-electron chi connectivity index (χ1n) is 7.67. The van der Waals surface area contributed by atoms with Crippen LogP contribution in [0.5, 0.6) is 5.75 Å². The minimum atomic E-state index is -1.72. The number of aromatic nitrogens is 2. The van der Waals surface area contributed by atoms with Crippen LogP contribution in [-0.2, 0) is 0 Å². The molecule has 0 aliphatic heterocycles. The summed E-state index contributed by atoms with van der Waals surface area (Å²) >= 11 is 0. The monoisotopic (exact) mass is 374 g/mol. The molecule has 0 atom stereocenters. The lowest BCUT2D eigenvalue weighted by atomic mass is 10.2. The number of hydrogen-bond acceptors (Lipinski definition) is 5. The molecule has 0 fully saturated rings. The molecule has 27 heavy (non-hydrogen) atoms. The molecule has 0 bridgehead atoms. The van der Waals surface area contributed by atoms with Crippen LogP contribution >= 0.6 is 0 Å². The molecule has 0 saturated carbocycles. The third-order valence-corrected chi connectivity index (χ3v) is 3.55. The smallest absolute Gasteiger partial charge is 0.259 e. The van der Waals surface area contributed by atoms with Crippen molar-refractivity contribution in [2.24, 2.45) is 0 Å². The number of amides is 1. The second kappa shape index (κ2) is 7.73. The number of halogens is 3. The summed E-state index contributed by atoms with van der Waals surface area (Å²) in [4.78, 5) is 12.0. The number of rotatable bonds is 5. The third-order valence-electron chi connectivity index (χ3n) is 3.55. The van der Waals surface area contributed by atoms with Crippen LogP contribution < -0.4 is 15.4 Å². The first-order valence-corrected chi connectivity index (χ1v) is 7.67. The zero-order chi connectivity index (χ0) is 19.4. The fourth-order valence-corrected chi connectivity index (χ4v) is 2.17. The topological polar surface area (TPSA) is 76.1 Å². The maximum Gasteiger partial charge on any atom is 0.259 e. The van der Waals surface area contributed by atoms with Gasteiger partial charge in [0.05, 0.1) is 12.7 Å². The number of anilines is 3. The second-order valence-corrected chi connectivity index (χ2v) is 5.33. The van der Waals surface area contributed by atoms with Crippen LogP contribution in [0, 0.1) is 17.5 Å². The van der Waals surface area contributed by atoms with Gasteiger partial charge in [-0.05, 0) is 48.5 Å². The number of nitrogens with one attached hydrogen (secondary N) is 2. The van der Waals surface area contributed by atoms with Crippen molar-refractivity contribution < 1.29 is 22.7 Å². The van der Waals surface area contributed by atoms with Crippen LogP contribution in [0.2, 0.25) is 0 Å². The molecule has 1 heterocycles. The Balaban J connectivity index is 1.68. The molecule has 3 aromatic rings. The van der Waals surface area contributed by atoms with E-state index in [1.165, 1.54) is 12.1 Å². The summed E-state index contributed by atoms with van der Waals surface area (Å²) in [6, 6.07) is 11.6. The van der Waals surface area contributed by atoms with Crippen LogP contribution in [0.3, 0.4) is 0 Å². The molecule has 6 nitrogen and oxygen atoms in total. The van der Waals surface area contributed by atoms with Gasteiger partial charge in [0.25, 0.3) is 5.91 Å². The van der Waals surface area contributed by atoms with Gasteiger partial charge < -0.3 is 15.4 Å². The highest BCUT2D eigenvalue weighted by atomic mass is 19.2. The summed E-state index contributed by atoms with van der Waals surface area (Å²) < 4.78 is 44.9. The van der Waals surface area contributed by atoms with Crippen LogP contribution in [0.1, 0.15) is 10.4 Å². The van der Waals surface area contributed by atoms with E-state index in [1.807, 2.05) is 0 Å². The van der Waals surface area contributed by atoms with E-state index < -0.39 is 28.9 Å². The molecule has 1 amide bonds. The Kier molecular flexibility index (Phi) is 5.20. The maximum atomic E-state index is 13.6. The number of carbonyl (C=O) groups is 1. The predicted molar refractivity (Wildman–Crippen MR) is 92.6 cm³/mol. The first kappa shape index (κ1) is 18.2. The van der Waals surface area contributed by atoms with E-state index in [0.717, 1.165) is 11.8 Å². The summed E-state index contributed by atoms with van der Waals surface area (Å²) in [5.41, 5.74) is 0.0990. The highest BCUT2D eigenvalue weighted by Gasteiger charge is 2.19. The number of carbonyl (C=O) groups excluding carboxylic acids is 1. The lowest BCUT2D eigenvalue weighted by Crippen LogP contribution is -2.16. The Morgan fingerprint density at radius 2 is 1.56 bits per heavy atom. The van der Waals surface area contributed by atoms with Crippen molar-refractivity contribution in [1.82, 2.24) is 10.2 Å². The van der Waals surface area contributed by atoms with Crippen LogP contribution in [-0.4, -0.2) is 23.2 Å². The van der Waals surface area contributed by atoms with Crippen molar-refractivity contribution in [2.45, 2.75) is 0 Å². The summed E-state index contributed by atoms with van der Waals surface area (Å²) in [6.45, 7) is 0. The molecule has 2 N–H and O–H groups in total. The van der Waals surface area contributed by atoms with Gasteiger partial charge in [-0.2, -0.15) is 0 Å². The van der Waals surface area contributed by atoms with E-state index in [1.54, 1.807) is 31.4 Å². The van der Waals surface area contributed by atoms with E-state index >= 15 is 0 Å². The molecule has 2 aromatic carbocycles. The lowest BCUT2D eigenvalue weighted by molar-refractivity contribution is 0.102. The third kappa shape index (κ3) is 4.14. The van der Waals surface area contributed by atoms with E-state index in [2.05, 4.69) is 20.8 Å². The molecule has 0 spiro atoms. The molecule has 0 saturated heterocycles. The molecule has 0 aliphatic carbocycles. The van der Waals surface area contributed by atoms with Crippen molar-refractivity contribution >= 4 is 23.2 Å². The molecule has 0 unspecified atom stereocenters. The highest BCUT2D eigenvalue weighted by molar-refractivity contribution is 6.03. The second-order valence-electron chi connectivity index (χ2n) is 5.33. The van der Waals surface area contributed by atoms with Crippen molar-refractivity contribution in [3.63, 3.8) is 0 Å². The fraction of sp³-hybridized carbons (Fsp3) is 0.0556. The number of ether oxygens (including phenoxy) is 1. The van der Waals surface area contributed by atoms with Gasteiger partial charge in [0.1, 0.15) is 5.75 Å². The average Bonchev–Trinajstić information content (AvgIpc) is 2.68. The van der Waals surface area contributed by atoms with Gasteiger partial charge in [-0.1, -0.05) is 0 Å². The summed E-state index contributed by atoms with van der Waals surface area (Å²) in [6.07, 6.45) is 0. The number of hydrogen-bond donors (Lipinski definition) is 2. The largest absolute Gasteiger partial charge is 0.497 e. The molecule has 0 aliphatic rings. The van der Waals surface area contributed by atoms with Crippen LogP contribution in [0.15, 0.2) is 48.5 Å².